The quantitative estimate of drug-likeness (QED) is 0.744. The van der Waals surface area contributed by atoms with Crippen LogP contribution in [-0.2, 0) is 10.0 Å². The van der Waals surface area contributed by atoms with Crippen LogP contribution >= 0.6 is 0 Å². The first-order valence-electron chi connectivity index (χ1n) is 6.39. The predicted octanol–water partition coefficient (Wildman–Crippen LogP) is 1.14. The molecule has 0 aliphatic carbocycles. The fourth-order valence-electron chi connectivity index (χ4n) is 1.84. The summed E-state index contributed by atoms with van der Waals surface area (Å²) in [5.74, 6) is 0.493. The van der Waals surface area contributed by atoms with Crippen LogP contribution in [0.25, 0.3) is 0 Å². The molecule has 0 aliphatic rings. The van der Waals surface area contributed by atoms with E-state index >= 15 is 0 Å². The number of aliphatic hydroxyl groups is 1. The molecule has 0 fully saturated rings. The van der Waals surface area contributed by atoms with Crippen LogP contribution in [0.2, 0.25) is 0 Å². The third kappa shape index (κ3) is 3.78. The Morgan fingerprint density at radius 1 is 1.19 bits per heavy atom. The molecule has 0 saturated carbocycles. The molecule has 2 aromatic rings. The van der Waals surface area contributed by atoms with Gasteiger partial charge in [0.25, 0.3) is 0 Å². The third-order valence-electron chi connectivity index (χ3n) is 3.02. The number of pyridine rings is 1. The van der Waals surface area contributed by atoms with Crippen LogP contribution in [0.15, 0.2) is 53.6 Å². The Kier molecular flexibility index (Phi) is 4.89. The highest BCUT2D eigenvalue weighted by atomic mass is 32.2. The largest absolute Gasteiger partial charge is 0.394 e. The van der Waals surface area contributed by atoms with Gasteiger partial charge in [0.1, 0.15) is 10.7 Å². The van der Waals surface area contributed by atoms with Crippen molar-refractivity contribution in [3.63, 3.8) is 0 Å². The summed E-state index contributed by atoms with van der Waals surface area (Å²) in [6, 6.07) is 12.2. The lowest BCUT2D eigenvalue weighted by molar-refractivity contribution is 0.276. The van der Waals surface area contributed by atoms with Crippen LogP contribution in [0.1, 0.15) is 11.6 Å². The van der Waals surface area contributed by atoms with E-state index in [0.717, 1.165) is 5.56 Å². The Hall–Kier alpha value is -1.96. The molecule has 1 aromatic heterocycles. The highest BCUT2D eigenvalue weighted by Gasteiger charge is 2.13. The van der Waals surface area contributed by atoms with Crippen molar-refractivity contribution in [3.05, 3.63) is 54.2 Å². The minimum absolute atomic E-state index is 0.0933. The SMILES string of the molecule is CNS(=O)(=O)c1ccc(NC(CO)c2ccccc2)nc1. The summed E-state index contributed by atoms with van der Waals surface area (Å²) in [5.41, 5.74) is 0.925. The summed E-state index contributed by atoms with van der Waals surface area (Å²) in [7, 11) is -2.14. The molecule has 3 N–H and O–H groups in total. The number of nitrogens with zero attached hydrogens (tertiary/aromatic N) is 1. The monoisotopic (exact) mass is 307 g/mol. The smallest absolute Gasteiger partial charge is 0.241 e. The lowest BCUT2D eigenvalue weighted by atomic mass is 10.1. The Labute approximate surface area is 123 Å². The average Bonchev–Trinajstić information content (AvgIpc) is 2.54. The lowest BCUT2D eigenvalue weighted by Gasteiger charge is -2.17. The maximum absolute atomic E-state index is 11.6. The molecule has 1 heterocycles. The highest BCUT2D eigenvalue weighted by Crippen LogP contribution is 2.18. The van der Waals surface area contributed by atoms with Gasteiger partial charge in [-0.2, -0.15) is 0 Å². The average molecular weight is 307 g/mol. The maximum Gasteiger partial charge on any atom is 0.241 e. The van der Waals surface area contributed by atoms with Gasteiger partial charge in [0.15, 0.2) is 0 Å². The molecule has 7 heteroatoms. The summed E-state index contributed by atoms with van der Waals surface area (Å²) >= 11 is 0. The Bertz CT molecular complexity index is 672. The van der Waals surface area contributed by atoms with Crippen LogP contribution in [-0.4, -0.2) is 32.2 Å². The predicted molar refractivity (Wildman–Crippen MR) is 80.4 cm³/mol. The first-order valence-corrected chi connectivity index (χ1v) is 7.87. The second kappa shape index (κ2) is 6.66. The van der Waals surface area contributed by atoms with Gasteiger partial charge in [-0.15, -0.1) is 0 Å². The molecule has 0 amide bonds. The van der Waals surface area contributed by atoms with E-state index in [0.29, 0.717) is 5.82 Å². The van der Waals surface area contributed by atoms with Crippen LogP contribution in [0.5, 0.6) is 0 Å². The molecule has 2 rings (SSSR count). The van der Waals surface area contributed by atoms with Gasteiger partial charge in [-0.25, -0.2) is 18.1 Å². The summed E-state index contributed by atoms with van der Waals surface area (Å²) < 4.78 is 25.4. The van der Waals surface area contributed by atoms with Gasteiger partial charge in [0, 0.05) is 6.20 Å². The van der Waals surface area contributed by atoms with Gasteiger partial charge in [-0.1, -0.05) is 30.3 Å². The van der Waals surface area contributed by atoms with Crippen LogP contribution in [0.4, 0.5) is 5.82 Å². The van der Waals surface area contributed by atoms with Crippen molar-refractivity contribution in [2.45, 2.75) is 10.9 Å². The second-order valence-electron chi connectivity index (χ2n) is 4.38. The molecular weight excluding hydrogens is 290 g/mol. The van der Waals surface area contributed by atoms with Crippen LogP contribution < -0.4 is 10.0 Å². The number of benzene rings is 1. The zero-order valence-corrected chi connectivity index (χ0v) is 12.3. The topological polar surface area (TPSA) is 91.3 Å². The maximum atomic E-state index is 11.6. The molecule has 0 bridgehead atoms. The number of aromatic nitrogens is 1. The van der Waals surface area contributed by atoms with E-state index in [1.54, 1.807) is 6.07 Å². The van der Waals surface area contributed by atoms with E-state index in [4.69, 9.17) is 0 Å². The molecular formula is C14H17N3O3S. The summed E-state index contributed by atoms with van der Waals surface area (Å²) in [4.78, 5) is 4.16. The van der Waals surface area contributed by atoms with Crippen molar-refractivity contribution in [1.29, 1.82) is 0 Å². The second-order valence-corrected chi connectivity index (χ2v) is 6.26. The molecule has 0 spiro atoms. The van der Waals surface area contributed by atoms with Crippen molar-refractivity contribution in [2.24, 2.45) is 0 Å². The number of hydrogen-bond donors (Lipinski definition) is 3. The van der Waals surface area contributed by atoms with Crippen molar-refractivity contribution in [3.8, 4) is 0 Å². The van der Waals surface area contributed by atoms with E-state index in [1.165, 1.54) is 19.3 Å². The van der Waals surface area contributed by atoms with Crippen molar-refractivity contribution < 1.29 is 13.5 Å². The van der Waals surface area contributed by atoms with Gasteiger partial charge >= 0.3 is 0 Å². The number of rotatable bonds is 6. The summed E-state index contributed by atoms with van der Waals surface area (Å²) in [6.45, 7) is -0.0950. The molecule has 1 aromatic carbocycles. The van der Waals surface area contributed by atoms with Crippen molar-refractivity contribution in [2.75, 3.05) is 19.0 Å². The van der Waals surface area contributed by atoms with Crippen molar-refractivity contribution in [1.82, 2.24) is 9.71 Å². The minimum atomic E-state index is -3.49. The molecule has 21 heavy (non-hydrogen) atoms. The van der Waals surface area contributed by atoms with Gasteiger partial charge in [0.2, 0.25) is 10.0 Å². The van der Waals surface area contributed by atoms with E-state index < -0.39 is 10.0 Å². The van der Waals surface area contributed by atoms with E-state index in [-0.39, 0.29) is 17.5 Å². The fraction of sp³-hybridized carbons (Fsp3) is 0.214. The van der Waals surface area contributed by atoms with Crippen molar-refractivity contribution >= 4 is 15.8 Å². The summed E-state index contributed by atoms with van der Waals surface area (Å²) in [6.07, 6.45) is 1.27. The van der Waals surface area contributed by atoms with Gasteiger partial charge < -0.3 is 10.4 Å². The molecule has 1 unspecified atom stereocenters. The van der Waals surface area contributed by atoms with E-state index in [1.807, 2.05) is 30.3 Å². The molecule has 0 saturated heterocycles. The fourth-order valence-corrected chi connectivity index (χ4v) is 2.52. The normalized spacial score (nSPS) is 12.9. The first-order chi connectivity index (χ1) is 10.1. The highest BCUT2D eigenvalue weighted by molar-refractivity contribution is 7.89. The Morgan fingerprint density at radius 3 is 2.43 bits per heavy atom. The molecule has 0 aliphatic heterocycles. The third-order valence-corrected chi connectivity index (χ3v) is 4.42. The number of hydrogen-bond acceptors (Lipinski definition) is 5. The molecule has 6 nitrogen and oxygen atoms in total. The lowest BCUT2D eigenvalue weighted by Crippen LogP contribution is -2.19. The number of nitrogens with one attached hydrogen (secondary N) is 2. The van der Waals surface area contributed by atoms with E-state index in [9.17, 15) is 13.5 Å². The van der Waals surface area contributed by atoms with E-state index in [2.05, 4.69) is 15.0 Å². The Morgan fingerprint density at radius 2 is 1.90 bits per heavy atom. The van der Waals surface area contributed by atoms with Gasteiger partial charge in [-0.05, 0) is 24.7 Å². The molecule has 1 atom stereocenters. The number of anilines is 1. The minimum Gasteiger partial charge on any atom is -0.394 e. The van der Waals surface area contributed by atoms with Gasteiger partial charge in [0.05, 0.1) is 12.6 Å². The number of sulfonamides is 1. The Balaban J connectivity index is 2.16. The molecule has 0 radical (unpaired) electrons. The van der Waals surface area contributed by atoms with Gasteiger partial charge in [-0.3, -0.25) is 0 Å². The first kappa shape index (κ1) is 15.4. The number of aliphatic hydroxyl groups excluding tert-OH is 1. The van der Waals surface area contributed by atoms with Crippen LogP contribution in [0.3, 0.4) is 0 Å². The zero-order chi connectivity index (χ0) is 15.3. The molecule has 112 valence electrons. The standard InChI is InChI=1S/C14H17N3O3S/c1-15-21(19,20)12-7-8-14(16-9-12)17-13(10-18)11-5-3-2-4-6-11/h2-9,13,15,18H,10H2,1H3,(H,16,17). The zero-order valence-electron chi connectivity index (χ0n) is 11.5. The van der Waals surface area contributed by atoms with Crippen LogP contribution in [0, 0.1) is 0 Å². The summed E-state index contributed by atoms with van der Waals surface area (Å²) in [5, 5.41) is 12.5.